The molecule has 0 bridgehead atoms. The van der Waals surface area contributed by atoms with E-state index in [9.17, 15) is 9.59 Å². The molecule has 0 amide bonds. The van der Waals surface area contributed by atoms with Crippen molar-refractivity contribution in [1.29, 1.82) is 0 Å². The predicted octanol–water partition coefficient (Wildman–Crippen LogP) is 11.5. The number of hydrogen-bond acceptors (Lipinski definition) is 2. The average Bonchev–Trinajstić information content (AvgIpc) is 2.96. The van der Waals surface area contributed by atoms with Crippen molar-refractivity contribution in [2.45, 2.75) is 149 Å². The molecule has 0 fully saturated rings. The summed E-state index contributed by atoms with van der Waals surface area (Å²) in [5.74, 6) is 0.527. The highest BCUT2D eigenvalue weighted by atomic mass is 16.1. The average molecular weight is 533 g/mol. The molecule has 2 heteroatoms. The third-order valence-electron chi connectivity index (χ3n) is 7.97. The second kappa shape index (κ2) is 21.6. The van der Waals surface area contributed by atoms with Crippen LogP contribution in [0.2, 0.25) is 0 Å². The number of unbranched alkanes of at least 4 members (excludes halogenated alkanes) is 16. The molecule has 0 saturated carbocycles. The van der Waals surface area contributed by atoms with Gasteiger partial charge in [0.1, 0.15) is 0 Å². The van der Waals surface area contributed by atoms with Gasteiger partial charge in [0.05, 0.1) is 0 Å². The highest BCUT2D eigenvalue weighted by molar-refractivity contribution is 5.96. The van der Waals surface area contributed by atoms with Gasteiger partial charge in [0, 0.05) is 24.0 Å². The lowest BCUT2D eigenvalue weighted by molar-refractivity contribution is 0.0971. The molecule has 2 nitrogen and oxygen atoms in total. The molecular weight excluding hydrogens is 476 g/mol. The molecular formula is C37H56O2. The van der Waals surface area contributed by atoms with E-state index in [2.05, 4.69) is 38.1 Å². The number of carbonyl (C=O) groups excluding carboxylic acids is 2. The Bertz CT molecular complexity index is 819. The topological polar surface area (TPSA) is 34.1 Å². The van der Waals surface area contributed by atoms with Crippen LogP contribution >= 0.6 is 0 Å². The molecule has 2 aromatic rings. The smallest absolute Gasteiger partial charge is 0.162 e. The minimum Gasteiger partial charge on any atom is -0.294 e. The van der Waals surface area contributed by atoms with Gasteiger partial charge >= 0.3 is 0 Å². The van der Waals surface area contributed by atoms with Gasteiger partial charge in [-0.15, -0.1) is 0 Å². The van der Waals surface area contributed by atoms with Gasteiger partial charge in [-0.2, -0.15) is 0 Å². The van der Waals surface area contributed by atoms with Crippen molar-refractivity contribution in [3.8, 4) is 0 Å². The Morgan fingerprint density at radius 3 is 1.00 bits per heavy atom. The lowest BCUT2D eigenvalue weighted by Gasteiger charge is -2.07. The Kier molecular flexibility index (Phi) is 18.3. The molecule has 0 aliphatic heterocycles. The molecule has 0 N–H and O–H groups in total. The summed E-state index contributed by atoms with van der Waals surface area (Å²) in [5, 5.41) is 0. The molecule has 0 unspecified atom stereocenters. The van der Waals surface area contributed by atoms with Crippen molar-refractivity contribution in [1.82, 2.24) is 0 Å². The van der Waals surface area contributed by atoms with Crippen LogP contribution in [0.1, 0.15) is 174 Å². The van der Waals surface area contributed by atoms with Crippen LogP contribution in [0.25, 0.3) is 0 Å². The highest BCUT2D eigenvalue weighted by Gasteiger charge is 2.08. The first-order chi connectivity index (χ1) is 19.1. The van der Waals surface area contributed by atoms with Crippen LogP contribution in [0.4, 0.5) is 0 Å². The summed E-state index contributed by atoms with van der Waals surface area (Å²) in [4.78, 5) is 25.1. The zero-order valence-electron chi connectivity index (χ0n) is 25.3. The van der Waals surface area contributed by atoms with Crippen molar-refractivity contribution in [2.24, 2.45) is 0 Å². The molecule has 0 spiro atoms. The number of benzene rings is 2. The lowest BCUT2D eigenvalue weighted by atomic mass is 9.98. The van der Waals surface area contributed by atoms with Gasteiger partial charge in [-0.05, 0) is 30.4 Å². The standard InChI is InChI=1S/C37H56O2/c1-3-5-7-9-11-13-15-17-19-21-36(38)34-27-23-32(24-28-34)31-33-25-29-35(30-26-33)37(39)22-20-18-16-14-12-10-8-6-4-2/h23-30H,3-22,31H2,1-2H3. The summed E-state index contributed by atoms with van der Waals surface area (Å²) in [5.41, 5.74) is 4.05. The molecule has 0 aromatic heterocycles. The second-order valence-electron chi connectivity index (χ2n) is 11.6. The number of rotatable bonds is 24. The molecule has 216 valence electrons. The Morgan fingerprint density at radius 1 is 0.410 bits per heavy atom. The molecule has 0 aliphatic rings. The zero-order chi connectivity index (χ0) is 28.0. The molecule has 2 aromatic carbocycles. The van der Waals surface area contributed by atoms with Crippen LogP contribution < -0.4 is 0 Å². The summed E-state index contributed by atoms with van der Waals surface area (Å²) >= 11 is 0. The first-order valence-electron chi connectivity index (χ1n) is 16.4. The van der Waals surface area contributed by atoms with E-state index in [1.54, 1.807) is 0 Å². The van der Waals surface area contributed by atoms with E-state index in [1.165, 1.54) is 101 Å². The fourth-order valence-corrected chi connectivity index (χ4v) is 5.33. The summed E-state index contributed by atoms with van der Waals surface area (Å²) in [6.45, 7) is 4.51. The van der Waals surface area contributed by atoms with Crippen LogP contribution in [0, 0.1) is 0 Å². The van der Waals surface area contributed by atoms with Crippen LogP contribution in [-0.2, 0) is 6.42 Å². The van der Waals surface area contributed by atoms with Crippen LogP contribution in [-0.4, -0.2) is 11.6 Å². The summed E-state index contributed by atoms with van der Waals surface area (Å²) < 4.78 is 0. The number of ketones is 2. The molecule has 0 aliphatic carbocycles. The lowest BCUT2D eigenvalue weighted by Crippen LogP contribution is -2.00. The SMILES string of the molecule is CCCCCCCCCCCC(=O)c1ccc(Cc2ccc(C(=O)CCCCCCCCCCC)cc2)cc1. The maximum Gasteiger partial charge on any atom is 0.162 e. The molecule has 39 heavy (non-hydrogen) atoms. The van der Waals surface area contributed by atoms with Crippen molar-refractivity contribution >= 4 is 11.6 Å². The van der Waals surface area contributed by atoms with E-state index >= 15 is 0 Å². The quantitative estimate of drug-likeness (QED) is 0.0995. The van der Waals surface area contributed by atoms with E-state index in [4.69, 9.17) is 0 Å². The second-order valence-corrected chi connectivity index (χ2v) is 11.6. The molecule has 2 rings (SSSR count). The fraction of sp³-hybridized carbons (Fsp3) is 0.622. The van der Waals surface area contributed by atoms with Gasteiger partial charge in [-0.3, -0.25) is 9.59 Å². The highest BCUT2D eigenvalue weighted by Crippen LogP contribution is 2.17. The van der Waals surface area contributed by atoms with E-state index in [1.807, 2.05) is 24.3 Å². The van der Waals surface area contributed by atoms with Crippen molar-refractivity contribution < 1.29 is 9.59 Å². The van der Waals surface area contributed by atoms with Crippen LogP contribution in [0.3, 0.4) is 0 Å². The molecule has 0 heterocycles. The number of carbonyl (C=O) groups is 2. The van der Waals surface area contributed by atoms with E-state index in [0.717, 1.165) is 43.2 Å². The summed E-state index contributed by atoms with van der Waals surface area (Å²) in [6, 6.07) is 16.2. The maximum atomic E-state index is 12.6. The Balaban J connectivity index is 1.61. The number of hydrogen-bond donors (Lipinski definition) is 0. The Hall–Kier alpha value is -2.22. The first-order valence-corrected chi connectivity index (χ1v) is 16.4. The molecule has 0 saturated heterocycles. The minimum absolute atomic E-state index is 0.263. The maximum absolute atomic E-state index is 12.6. The largest absolute Gasteiger partial charge is 0.294 e. The van der Waals surface area contributed by atoms with Gasteiger partial charge in [0.25, 0.3) is 0 Å². The van der Waals surface area contributed by atoms with Gasteiger partial charge in [-0.1, -0.05) is 165 Å². The van der Waals surface area contributed by atoms with Crippen LogP contribution in [0.5, 0.6) is 0 Å². The Morgan fingerprint density at radius 2 is 0.692 bits per heavy atom. The third-order valence-corrected chi connectivity index (χ3v) is 7.97. The number of Topliss-reactive ketones (excluding diaryl/α,β-unsaturated/α-hetero) is 2. The van der Waals surface area contributed by atoms with Gasteiger partial charge in [0.15, 0.2) is 11.6 Å². The third kappa shape index (κ3) is 15.2. The normalized spacial score (nSPS) is 11.1. The zero-order valence-corrected chi connectivity index (χ0v) is 25.3. The van der Waals surface area contributed by atoms with E-state index in [0.29, 0.717) is 12.8 Å². The van der Waals surface area contributed by atoms with E-state index < -0.39 is 0 Å². The van der Waals surface area contributed by atoms with Crippen molar-refractivity contribution in [3.05, 3.63) is 70.8 Å². The predicted molar refractivity (Wildman–Crippen MR) is 168 cm³/mol. The van der Waals surface area contributed by atoms with Crippen LogP contribution in [0.15, 0.2) is 48.5 Å². The summed E-state index contributed by atoms with van der Waals surface area (Å²) in [6.07, 6.45) is 25.0. The minimum atomic E-state index is 0.263. The van der Waals surface area contributed by atoms with Gasteiger partial charge in [-0.25, -0.2) is 0 Å². The van der Waals surface area contributed by atoms with E-state index in [-0.39, 0.29) is 11.6 Å². The van der Waals surface area contributed by atoms with Crippen molar-refractivity contribution in [3.63, 3.8) is 0 Å². The fourth-order valence-electron chi connectivity index (χ4n) is 5.33. The molecule has 0 radical (unpaired) electrons. The Labute approximate surface area is 240 Å². The summed E-state index contributed by atoms with van der Waals surface area (Å²) in [7, 11) is 0. The molecule has 0 atom stereocenters. The first kappa shape index (κ1) is 33.0. The van der Waals surface area contributed by atoms with Gasteiger partial charge < -0.3 is 0 Å². The van der Waals surface area contributed by atoms with Gasteiger partial charge in [0.2, 0.25) is 0 Å². The van der Waals surface area contributed by atoms with Crippen molar-refractivity contribution in [2.75, 3.05) is 0 Å². The monoisotopic (exact) mass is 532 g/mol.